The highest BCUT2D eigenvalue weighted by Crippen LogP contribution is 2.21. The van der Waals surface area contributed by atoms with Crippen LogP contribution in [0.3, 0.4) is 0 Å². The minimum absolute atomic E-state index is 0.560. The molecule has 1 fully saturated rings. The monoisotopic (exact) mass is 347 g/mol. The van der Waals surface area contributed by atoms with Crippen molar-refractivity contribution in [3.05, 3.63) is 28.2 Å². The number of hydrogen-bond donors (Lipinski definition) is 1. The molecule has 0 radical (unpaired) electrons. The van der Waals surface area contributed by atoms with Crippen LogP contribution in [0.5, 0.6) is 0 Å². The first-order valence-electron chi connectivity index (χ1n) is 6.07. The van der Waals surface area contributed by atoms with E-state index in [2.05, 4.69) is 20.8 Å². The molecule has 19 heavy (non-hydrogen) atoms. The van der Waals surface area contributed by atoms with Gasteiger partial charge in [-0.25, -0.2) is 8.42 Å². The first-order valence-corrected chi connectivity index (χ1v) is 8.72. The lowest BCUT2D eigenvalue weighted by Crippen LogP contribution is -2.47. The van der Waals surface area contributed by atoms with E-state index in [1.807, 2.05) is 18.2 Å². The van der Waals surface area contributed by atoms with E-state index in [4.69, 9.17) is 5.73 Å². The van der Waals surface area contributed by atoms with E-state index in [0.29, 0.717) is 13.1 Å². The zero-order valence-electron chi connectivity index (χ0n) is 10.8. The summed E-state index contributed by atoms with van der Waals surface area (Å²) in [6, 6.07) is 5.92. The number of hydrogen-bond acceptors (Lipinski definition) is 4. The second kappa shape index (κ2) is 5.78. The van der Waals surface area contributed by atoms with Gasteiger partial charge in [-0.2, -0.15) is 4.31 Å². The van der Waals surface area contributed by atoms with E-state index in [9.17, 15) is 8.42 Å². The van der Waals surface area contributed by atoms with Gasteiger partial charge in [0.05, 0.1) is 6.26 Å². The van der Waals surface area contributed by atoms with Crippen LogP contribution in [0.2, 0.25) is 0 Å². The number of halogens is 1. The van der Waals surface area contributed by atoms with Crippen molar-refractivity contribution in [2.75, 3.05) is 38.2 Å². The Balaban J connectivity index is 1.94. The standard InChI is InChI=1S/C12H18BrN3O2S/c1-19(17,18)16-6-4-15(5-7-16)9-10-2-3-11(13)12(14)8-10/h2-3,8H,4-7,9,14H2,1H3. The maximum absolute atomic E-state index is 11.4. The van der Waals surface area contributed by atoms with Gasteiger partial charge in [-0.3, -0.25) is 4.90 Å². The second-order valence-corrected chi connectivity index (χ2v) is 7.63. The van der Waals surface area contributed by atoms with E-state index in [1.54, 1.807) is 0 Å². The third kappa shape index (κ3) is 3.92. The minimum Gasteiger partial charge on any atom is -0.398 e. The molecule has 1 aromatic carbocycles. The average molecular weight is 348 g/mol. The molecule has 0 amide bonds. The molecule has 2 rings (SSSR count). The maximum atomic E-state index is 11.4. The van der Waals surface area contributed by atoms with E-state index >= 15 is 0 Å². The Bertz CT molecular complexity index is 554. The van der Waals surface area contributed by atoms with Crippen LogP contribution in [0, 0.1) is 0 Å². The van der Waals surface area contributed by atoms with Crippen molar-refractivity contribution < 1.29 is 8.42 Å². The molecule has 1 heterocycles. The largest absolute Gasteiger partial charge is 0.398 e. The highest BCUT2D eigenvalue weighted by Gasteiger charge is 2.23. The number of nitrogens with two attached hydrogens (primary N) is 1. The van der Waals surface area contributed by atoms with Crippen molar-refractivity contribution in [1.82, 2.24) is 9.21 Å². The number of anilines is 1. The van der Waals surface area contributed by atoms with Gasteiger partial charge < -0.3 is 5.73 Å². The van der Waals surface area contributed by atoms with Gasteiger partial charge in [0.15, 0.2) is 0 Å². The van der Waals surface area contributed by atoms with Crippen LogP contribution in [0.25, 0.3) is 0 Å². The molecule has 0 aromatic heterocycles. The van der Waals surface area contributed by atoms with Crippen LogP contribution in [-0.2, 0) is 16.6 Å². The molecule has 106 valence electrons. The Kier molecular flexibility index (Phi) is 4.50. The fourth-order valence-electron chi connectivity index (χ4n) is 2.17. The van der Waals surface area contributed by atoms with Crippen molar-refractivity contribution in [2.45, 2.75) is 6.54 Å². The summed E-state index contributed by atoms with van der Waals surface area (Å²) in [5.41, 5.74) is 7.73. The summed E-state index contributed by atoms with van der Waals surface area (Å²) in [4.78, 5) is 2.24. The maximum Gasteiger partial charge on any atom is 0.211 e. The predicted octanol–water partition coefficient (Wildman–Crippen LogP) is 1.11. The van der Waals surface area contributed by atoms with Gasteiger partial charge in [0.1, 0.15) is 0 Å². The lowest BCUT2D eigenvalue weighted by Gasteiger charge is -2.33. The zero-order chi connectivity index (χ0) is 14.0. The van der Waals surface area contributed by atoms with E-state index in [-0.39, 0.29) is 0 Å². The van der Waals surface area contributed by atoms with Crippen molar-refractivity contribution in [3.63, 3.8) is 0 Å². The van der Waals surface area contributed by atoms with Gasteiger partial charge in [0.2, 0.25) is 10.0 Å². The molecule has 0 spiro atoms. The predicted molar refractivity (Wildman–Crippen MR) is 80.2 cm³/mol. The van der Waals surface area contributed by atoms with E-state index in [0.717, 1.165) is 35.4 Å². The SMILES string of the molecule is CS(=O)(=O)N1CCN(Cc2ccc(Br)c(N)c2)CC1. The number of rotatable bonds is 3. The van der Waals surface area contributed by atoms with Gasteiger partial charge in [0.25, 0.3) is 0 Å². The second-order valence-electron chi connectivity index (χ2n) is 4.79. The van der Waals surface area contributed by atoms with Crippen LogP contribution in [0.4, 0.5) is 5.69 Å². The van der Waals surface area contributed by atoms with Crippen molar-refractivity contribution in [3.8, 4) is 0 Å². The number of nitrogen functional groups attached to an aromatic ring is 1. The fourth-order valence-corrected chi connectivity index (χ4v) is 3.24. The Morgan fingerprint density at radius 1 is 1.26 bits per heavy atom. The number of sulfonamides is 1. The van der Waals surface area contributed by atoms with Gasteiger partial charge in [-0.15, -0.1) is 0 Å². The number of benzene rings is 1. The summed E-state index contributed by atoms with van der Waals surface area (Å²) < 4.78 is 25.3. The summed E-state index contributed by atoms with van der Waals surface area (Å²) in [7, 11) is -3.05. The number of nitrogens with zero attached hydrogens (tertiary/aromatic N) is 2. The quantitative estimate of drug-likeness (QED) is 0.831. The van der Waals surface area contributed by atoms with Crippen LogP contribution in [0.15, 0.2) is 22.7 Å². The van der Waals surface area contributed by atoms with Crippen molar-refractivity contribution >= 4 is 31.6 Å². The zero-order valence-corrected chi connectivity index (χ0v) is 13.2. The molecule has 0 unspecified atom stereocenters. The topological polar surface area (TPSA) is 66.6 Å². The summed E-state index contributed by atoms with van der Waals surface area (Å²) in [5.74, 6) is 0. The smallest absolute Gasteiger partial charge is 0.211 e. The lowest BCUT2D eigenvalue weighted by atomic mass is 10.2. The van der Waals surface area contributed by atoms with Gasteiger partial charge in [-0.05, 0) is 33.6 Å². The molecule has 1 aliphatic heterocycles. The van der Waals surface area contributed by atoms with Crippen LogP contribution >= 0.6 is 15.9 Å². The molecule has 1 saturated heterocycles. The van der Waals surface area contributed by atoms with Crippen LogP contribution in [-0.4, -0.2) is 50.1 Å². The molecule has 2 N–H and O–H groups in total. The Labute approximate surface area is 122 Å². The number of piperazine rings is 1. The Hall–Kier alpha value is -0.630. The van der Waals surface area contributed by atoms with Crippen LogP contribution in [0.1, 0.15) is 5.56 Å². The van der Waals surface area contributed by atoms with Gasteiger partial charge in [-0.1, -0.05) is 6.07 Å². The summed E-state index contributed by atoms with van der Waals surface area (Å²) >= 11 is 3.37. The van der Waals surface area contributed by atoms with Crippen molar-refractivity contribution in [2.24, 2.45) is 0 Å². The molecule has 1 aliphatic rings. The van der Waals surface area contributed by atoms with E-state index < -0.39 is 10.0 Å². The van der Waals surface area contributed by atoms with E-state index in [1.165, 1.54) is 10.6 Å². The molecular formula is C12H18BrN3O2S. The first kappa shape index (κ1) is 14.8. The molecule has 7 heteroatoms. The Morgan fingerprint density at radius 2 is 1.89 bits per heavy atom. The molecule has 0 atom stereocenters. The van der Waals surface area contributed by atoms with Gasteiger partial charge in [0, 0.05) is 42.9 Å². The normalized spacial score (nSPS) is 18.6. The van der Waals surface area contributed by atoms with Gasteiger partial charge >= 0.3 is 0 Å². The average Bonchev–Trinajstić information content (AvgIpc) is 2.33. The third-order valence-electron chi connectivity index (χ3n) is 3.27. The molecular weight excluding hydrogens is 330 g/mol. The fraction of sp³-hybridized carbons (Fsp3) is 0.500. The third-order valence-corrected chi connectivity index (χ3v) is 5.29. The molecule has 0 aliphatic carbocycles. The van der Waals surface area contributed by atoms with Crippen molar-refractivity contribution in [1.29, 1.82) is 0 Å². The summed E-state index contributed by atoms with van der Waals surface area (Å²) in [5, 5.41) is 0. The molecule has 5 nitrogen and oxygen atoms in total. The highest BCUT2D eigenvalue weighted by molar-refractivity contribution is 9.10. The summed E-state index contributed by atoms with van der Waals surface area (Å²) in [6.07, 6.45) is 1.26. The molecule has 0 bridgehead atoms. The lowest BCUT2D eigenvalue weighted by molar-refractivity contribution is 0.182. The highest BCUT2D eigenvalue weighted by atomic mass is 79.9. The van der Waals surface area contributed by atoms with Crippen LogP contribution < -0.4 is 5.73 Å². The first-order chi connectivity index (χ1) is 8.86. The summed E-state index contributed by atoms with van der Waals surface area (Å²) in [6.45, 7) is 3.43. The Morgan fingerprint density at radius 3 is 2.42 bits per heavy atom. The minimum atomic E-state index is -3.05. The molecule has 0 saturated carbocycles. The molecule has 1 aromatic rings.